The lowest BCUT2D eigenvalue weighted by Gasteiger charge is -2.32. The van der Waals surface area contributed by atoms with Crippen LogP contribution in [0.15, 0.2) is 18.2 Å². The maximum Gasteiger partial charge on any atom is 0.138 e. The van der Waals surface area contributed by atoms with E-state index in [0.29, 0.717) is 11.1 Å². The van der Waals surface area contributed by atoms with Crippen LogP contribution < -0.4 is 10.1 Å². The molecule has 0 aromatic heterocycles. The number of piperidine rings is 1. The van der Waals surface area contributed by atoms with Crippen LogP contribution in [0.25, 0.3) is 0 Å². The predicted octanol–water partition coefficient (Wildman–Crippen LogP) is 4.02. The molecule has 112 valence electrons. The monoisotopic (exact) mass is 296 g/mol. The Morgan fingerprint density at radius 2 is 2.05 bits per heavy atom. The van der Waals surface area contributed by atoms with Gasteiger partial charge in [-0.15, -0.1) is 0 Å². The van der Waals surface area contributed by atoms with Gasteiger partial charge in [-0.05, 0) is 51.4 Å². The van der Waals surface area contributed by atoms with Gasteiger partial charge in [0.2, 0.25) is 0 Å². The summed E-state index contributed by atoms with van der Waals surface area (Å²) in [5.41, 5.74) is 1.08. The first-order valence-corrected chi connectivity index (χ1v) is 7.91. The number of nitrogens with one attached hydrogen (secondary N) is 1. The molecule has 0 amide bonds. The molecule has 0 unspecified atom stereocenters. The molecule has 2 rings (SSSR count). The van der Waals surface area contributed by atoms with E-state index in [9.17, 15) is 0 Å². The Morgan fingerprint density at radius 3 is 2.60 bits per heavy atom. The minimum atomic E-state index is 0.143. The lowest BCUT2D eigenvalue weighted by atomic mass is 10.0. The Hall–Kier alpha value is -0.930. The van der Waals surface area contributed by atoms with Crippen LogP contribution in [0.3, 0.4) is 0 Å². The highest BCUT2D eigenvalue weighted by molar-refractivity contribution is 6.32. The normalized spacial score (nSPS) is 17.4. The minimum absolute atomic E-state index is 0.143. The summed E-state index contributed by atoms with van der Waals surface area (Å²) in [5.74, 6) is 0.757. The molecule has 1 aromatic carbocycles. The summed E-state index contributed by atoms with van der Waals surface area (Å²) in [5, 5.41) is 4.26. The zero-order valence-electron chi connectivity index (χ0n) is 12.7. The molecule has 0 spiro atoms. The van der Waals surface area contributed by atoms with Gasteiger partial charge in [0.1, 0.15) is 5.75 Å². The van der Waals surface area contributed by atoms with E-state index in [0.717, 1.165) is 18.0 Å². The molecule has 1 aliphatic heterocycles. The number of anilines is 1. The third-order valence-corrected chi connectivity index (χ3v) is 4.00. The second kappa shape index (κ2) is 7.19. The maximum absolute atomic E-state index is 6.26. The van der Waals surface area contributed by atoms with Crippen molar-refractivity contribution in [3.05, 3.63) is 23.2 Å². The summed E-state index contributed by atoms with van der Waals surface area (Å²) in [6.45, 7) is 9.74. The molecule has 1 fully saturated rings. The molecule has 4 heteroatoms. The van der Waals surface area contributed by atoms with Crippen molar-refractivity contribution in [1.82, 2.24) is 4.90 Å². The molecule has 0 atom stereocenters. The summed E-state index contributed by atoms with van der Waals surface area (Å²) in [4.78, 5) is 2.49. The largest absolute Gasteiger partial charge is 0.489 e. The van der Waals surface area contributed by atoms with Crippen LogP contribution in [-0.2, 0) is 0 Å². The lowest BCUT2D eigenvalue weighted by molar-refractivity contribution is 0.229. The number of halogens is 1. The molecule has 1 N–H and O–H groups in total. The molecule has 0 radical (unpaired) electrons. The van der Waals surface area contributed by atoms with Crippen LogP contribution in [0, 0.1) is 0 Å². The van der Waals surface area contributed by atoms with Gasteiger partial charge in [0.15, 0.2) is 0 Å². The van der Waals surface area contributed by atoms with Gasteiger partial charge in [-0.2, -0.15) is 0 Å². The number of likely N-dealkylation sites (tertiary alicyclic amines) is 1. The smallest absolute Gasteiger partial charge is 0.138 e. The third-order valence-electron chi connectivity index (χ3n) is 3.70. The molecule has 1 aromatic rings. The fourth-order valence-electron chi connectivity index (χ4n) is 2.57. The standard InChI is InChI=1S/C16H25ClN2O/c1-4-19-9-7-13(8-10-19)18-14-5-6-16(15(17)11-14)20-12(2)3/h5-6,11-13,18H,4,7-10H2,1-3H3. The molecular formula is C16H25ClN2O. The molecular weight excluding hydrogens is 272 g/mol. The average Bonchev–Trinajstić information content (AvgIpc) is 2.42. The second-order valence-electron chi connectivity index (χ2n) is 5.66. The Kier molecular flexibility index (Phi) is 5.55. The number of rotatable bonds is 5. The zero-order valence-corrected chi connectivity index (χ0v) is 13.4. The number of hydrogen-bond acceptors (Lipinski definition) is 3. The molecule has 0 bridgehead atoms. The van der Waals surface area contributed by atoms with E-state index in [1.165, 1.54) is 25.9 Å². The van der Waals surface area contributed by atoms with Crippen LogP contribution in [0.5, 0.6) is 5.75 Å². The van der Waals surface area contributed by atoms with E-state index in [1.54, 1.807) is 0 Å². The molecule has 1 saturated heterocycles. The molecule has 0 saturated carbocycles. The Balaban J connectivity index is 1.92. The lowest BCUT2D eigenvalue weighted by Crippen LogP contribution is -2.38. The van der Waals surface area contributed by atoms with Gasteiger partial charge in [-0.1, -0.05) is 18.5 Å². The topological polar surface area (TPSA) is 24.5 Å². The van der Waals surface area contributed by atoms with E-state index in [1.807, 2.05) is 26.0 Å². The first kappa shape index (κ1) is 15.5. The first-order chi connectivity index (χ1) is 9.58. The minimum Gasteiger partial charge on any atom is -0.489 e. The van der Waals surface area contributed by atoms with Crippen molar-refractivity contribution in [2.75, 3.05) is 25.0 Å². The van der Waals surface area contributed by atoms with Crippen LogP contribution in [0.4, 0.5) is 5.69 Å². The SMILES string of the molecule is CCN1CCC(Nc2ccc(OC(C)C)c(Cl)c2)CC1. The summed E-state index contributed by atoms with van der Waals surface area (Å²) in [6.07, 6.45) is 2.52. The van der Waals surface area contributed by atoms with E-state index >= 15 is 0 Å². The van der Waals surface area contributed by atoms with Crippen molar-refractivity contribution in [2.24, 2.45) is 0 Å². The average molecular weight is 297 g/mol. The maximum atomic E-state index is 6.26. The summed E-state index contributed by atoms with van der Waals surface area (Å²) >= 11 is 6.26. The predicted molar refractivity (Wildman–Crippen MR) is 86.0 cm³/mol. The zero-order chi connectivity index (χ0) is 14.5. The van der Waals surface area contributed by atoms with Crippen molar-refractivity contribution in [3.63, 3.8) is 0 Å². The van der Waals surface area contributed by atoms with E-state index in [4.69, 9.17) is 16.3 Å². The van der Waals surface area contributed by atoms with E-state index in [2.05, 4.69) is 23.2 Å². The van der Waals surface area contributed by atoms with Gasteiger partial charge in [0.05, 0.1) is 11.1 Å². The van der Waals surface area contributed by atoms with Crippen molar-refractivity contribution in [3.8, 4) is 5.75 Å². The number of benzene rings is 1. The van der Waals surface area contributed by atoms with Crippen LogP contribution in [0.1, 0.15) is 33.6 Å². The van der Waals surface area contributed by atoms with Crippen molar-refractivity contribution >= 4 is 17.3 Å². The van der Waals surface area contributed by atoms with Crippen LogP contribution in [0.2, 0.25) is 5.02 Å². The Labute approximate surface area is 127 Å². The number of hydrogen-bond donors (Lipinski definition) is 1. The molecule has 3 nitrogen and oxygen atoms in total. The van der Waals surface area contributed by atoms with Crippen molar-refractivity contribution < 1.29 is 4.74 Å². The quantitative estimate of drug-likeness (QED) is 0.888. The van der Waals surface area contributed by atoms with E-state index < -0.39 is 0 Å². The highest BCUT2D eigenvalue weighted by Crippen LogP contribution is 2.29. The van der Waals surface area contributed by atoms with E-state index in [-0.39, 0.29) is 6.10 Å². The van der Waals surface area contributed by atoms with Crippen LogP contribution in [-0.4, -0.2) is 36.7 Å². The van der Waals surface area contributed by atoms with Gasteiger partial charge < -0.3 is 15.0 Å². The molecule has 1 heterocycles. The van der Waals surface area contributed by atoms with Crippen molar-refractivity contribution in [1.29, 1.82) is 0 Å². The Morgan fingerprint density at radius 1 is 1.35 bits per heavy atom. The fraction of sp³-hybridized carbons (Fsp3) is 0.625. The molecule has 1 aliphatic rings. The summed E-state index contributed by atoms with van der Waals surface area (Å²) in [6, 6.07) is 6.51. The van der Waals surface area contributed by atoms with Crippen molar-refractivity contribution in [2.45, 2.75) is 45.8 Å². The number of nitrogens with zero attached hydrogens (tertiary/aromatic N) is 1. The first-order valence-electron chi connectivity index (χ1n) is 7.53. The van der Waals surface area contributed by atoms with Crippen LogP contribution >= 0.6 is 11.6 Å². The Bertz CT molecular complexity index is 428. The van der Waals surface area contributed by atoms with Gasteiger partial charge >= 0.3 is 0 Å². The molecule has 20 heavy (non-hydrogen) atoms. The molecule has 0 aliphatic carbocycles. The van der Waals surface area contributed by atoms with Gasteiger partial charge in [-0.25, -0.2) is 0 Å². The van der Waals surface area contributed by atoms with Gasteiger partial charge in [0.25, 0.3) is 0 Å². The number of ether oxygens (including phenoxy) is 1. The third kappa shape index (κ3) is 4.29. The fourth-order valence-corrected chi connectivity index (χ4v) is 2.79. The second-order valence-corrected chi connectivity index (χ2v) is 6.07. The highest BCUT2D eigenvalue weighted by atomic mass is 35.5. The highest BCUT2D eigenvalue weighted by Gasteiger charge is 2.18. The van der Waals surface area contributed by atoms with Gasteiger partial charge in [0, 0.05) is 24.8 Å². The summed E-state index contributed by atoms with van der Waals surface area (Å²) < 4.78 is 5.65. The van der Waals surface area contributed by atoms with Gasteiger partial charge in [-0.3, -0.25) is 0 Å². The summed E-state index contributed by atoms with van der Waals surface area (Å²) in [7, 11) is 0.